The van der Waals surface area contributed by atoms with Crippen molar-refractivity contribution < 1.29 is 0 Å². The van der Waals surface area contributed by atoms with Crippen LogP contribution in [0.2, 0.25) is 0 Å². The van der Waals surface area contributed by atoms with Crippen molar-refractivity contribution in [3.05, 3.63) is 42.2 Å². The fraction of sp³-hybridized carbons (Fsp3) is 0.100. The van der Waals surface area contributed by atoms with Gasteiger partial charge in [-0.1, -0.05) is 24.3 Å². The van der Waals surface area contributed by atoms with Crippen molar-refractivity contribution >= 4 is 0 Å². The van der Waals surface area contributed by atoms with Gasteiger partial charge in [0.1, 0.15) is 5.82 Å². The molecule has 0 amide bonds. The lowest BCUT2D eigenvalue weighted by Gasteiger charge is -1.99. The number of aromatic amines is 1. The Bertz CT molecular complexity index is 363. The highest BCUT2D eigenvalue weighted by atomic mass is 14.9. The van der Waals surface area contributed by atoms with Gasteiger partial charge in [-0.05, 0) is 12.5 Å². The molecular formula is C10H10N2. The molecule has 2 aromatic rings. The Morgan fingerprint density at radius 1 is 1.25 bits per heavy atom. The maximum absolute atomic E-state index is 4.19. The Labute approximate surface area is 71.3 Å². The van der Waals surface area contributed by atoms with Crippen molar-refractivity contribution in [3.63, 3.8) is 0 Å². The second-order valence-corrected chi connectivity index (χ2v) is 2.75. The number of H-pyrrole nitrogens is 1. The first-order chi connectivity index (χ1) is 5.88. The van der Waals surface area contributed by atoms with E-state index >= 15 is 0 Å². The number of nitrogens with one attached hydrogen (secondary N) is 1. The largest absolute Gasteiger partial charge is 0.345 e. The molecule has 0 saturated heterocycles. The van der Waals surface area contributed by atoms with Crippen molar-refractivity contribution in [3.8, 4) is 11.4 Å². The summed E-state index contributed by atoms with van der Waals surface area (Å²) in [5, 5.41) is 0. The molecule has 12 heavy (non-hydrogen) atoms. The van der Waals surface area contributed by atoms with Crippen LogP contribution in [-0.2, 0) is 0 Å². The molecule has 2 heteroatoms. The van der Waals surface area contributed by atoms with Crippen LogP contribution in [0.5, 0.6) is 0 Å². The van der Waals surface area contributed by atoms with E-state index in [9.17, 15) is 0 Å². The van der Waals surface area contributed by atoms with Gasteiger partial charge < -0.3 is 4.98 Å². The Balaban J connectivity index is 2.55. The lowest BCUT2D eigenvalue weighted by Crippen LogP contribution is -1.83. The Hall–Kier alpha value is -1.57. The quantitative estimate of drug-likeness (QED) is 0.678. The van der Waals surface area contributed by atoms with Gasteiger partial charge in [0.15, 0.2) is 0 Å². The molecule has 1 aromatic carbocycles. The summed E-state index contributed by atoms with van der Waals surface area (Å²) in [5.74, 6) is 0.938. The highest BCUT2D eigenvalue weighted by Gasteiger charge is 2.00. The van der Waals surface area contributed by atoms with E-state index in [2.05, 4.69) is 29.0 Å². The Kier molecular flexibility index (Phi) is 1.67. The third-order valence-corrected chi connectivity index (χ3v) is 1.90. The van der Waals surface area contributed by atoms with E-state index in [1.807, 2.05) is 18.3 Å². The predicted molar refractivity (Wildman–Crippen MR) is 48.8 cm³/mol. The molecule has 1 N–H and O–H groups in total. The molecule has 1 aromatic heterocycles. The minimum atomic E-state index is 0.938. The van der Waals surface area contributed by atoms with Crippen LogP contribution in [0.4, 0.5) is 0 Å². The van der Waals surface area contributed by atoms with Crippen LogP contribution < -0.4 is 0 Å². The summed E-state index contributed by atoms with van der Waals surface area (Å²) in [5.41, 5.74) is 2.41. The molecule has 2 nitrogen and oxygen atoms in total. The van der Waals surface area contributed by atoms with Crippen molar-refractivity contribution in [2.24, 2.45) is 0 Å². The molecule has 0 unspecified atom stereocenters. The minimum absolute atomic E-state index is 0.938. The van der Waals surface area contributed by atoms with Gasteiger partial charge in [-0.25, -0.2) is 4.98 Å². The van der Waals surface area contributed by atoms with Crippen LogP contribution in [-0.4, -0.2) is 9.97 Å². The fourth-order valence-corrected chi connectivity index (χ4v) is 1.25. The zero-order chi connectivity index (χ0) is 8.39. The molecule has 0 aliphatic carbocycles. The zero-order valence-corrected chi connectivity index (χ0v) is 6.91. The van der Waals surface area contributed by atoms with Gasteiger partial charge in [0, 0.05) is 18.0 Å². The zero-order valence-electron chi connectivity index (χ0n) is 6.91. The molecule has 0 radical (unpaired) electrons. The van der Waals surface area contributed by atoms with Crippen LogP contribution in [0.25, 0.3) is 11.4 Å². The SMILES string of the molecule is Cc1ccccc1-c1ncc[nH]1. The fourth-order valence-electron chi connectivity index (χ4n) is 1.25. The molecule has 0 aliphatic rings. The number of aromatic nitrogens is 2. The number of hydrogen-bond acceptors (Lipinski definition) is 1. The van der Waals surface area contributed by atoms with Gasteiger partial charge in [-0.15, -0.1) is 0 Å². The van der Waals surface area contributed by atoms with E-state index in [1.165, 1.54) is 11.1 Å². The van der Waals surface area contributed by atoms with Crippen molar-refractivity contribution in [1.82, 2.24) is 9.97 Å². The average Bonchev–Trinajstić information content (AvgIpc) is 2.57. The summed E-state index contributed by atoms with van der Waals surface area (Å²) in [6, 6.07) is 8.19. The Morgan fingerprint density at radius 3 is 2.75 bits per heavy atom. The van der Waals surface area contributed by atoms with Gasteiger partial charge in [0.2, 0.25) is 0 Å². The summed E-state index contributed by atoms with van der Waals surface area (Å²) in [4.78, 5) is 7.27. The van der Waals surface area contributed by atoms with E-state index < -0.39 is 0 Å². The molecule has 0 spiro atoms. The summed E-state index contributed by atoms with van der Waals surface area (Å²) in [6.45, 7) is 2.08. The van der Waals surface area contributed by atoms with Crippen LogP contribution in [0.15, 0.2) is 36.7 Å². The van der Waals surface area contributed by atoms with E-state index in [0.29, 0.717) is 0 Å². The van der Waals surface area contributed by atoms with E-state index in [0.717, 1.165) is 5.82 Å². The molecule has 2 rings (SSSR count). The predicted octanol–water partition coefficient (Wildman–Crippen LogP) is 2.39. The number of imidazole rings is 1. The first-order valence-corrected chi connectivity index (χ1v) is 3.93. The molecule has 0 atom stereocenters. The first-order valence-electron chi connectivity index (χ1n) is 3.93. The molecule has 1 heterocycles. The monoisotopic (exact) mass is 158 g/mol. The summed E-state index contributed by atoms with van der Waals surface area (Å²) < 4.78 is 0. The smallest absolute Gasteiger partial charge is 0.137 e. The standard InChI is InChI=1S/C10H10N2/c1-8-4-2-3-5-9(8)10-11-6-7-12-10/h2-7H,1H3,(H,11,12). The second kappa shape index (κ2) is 2.81. The van der Waals surface area contributed by atoms with Crippen LogP contribution in [0.3, 0.4) is 0 Å². The van der Waals surface area contributed by atoms with Crippen LogP contribution >= 0.6 is 0 Å². The summed E-state index contributed by atoms with van der Waals surface area (Å²) in [7, 11) is 0. The van der Waals surface area contributed by atoms with Crippen LogP contribution in [0, 0.1) is 6.92 Å². The number of nitrogens with zero attached hydrogens (tertiary/aromatic N) is 1. The molecule has 0 aliphatic heterocycles. The number of benzene rings is 1. The lowest BCUT2D eigenvalue weighted by molar-refractivity contribution is 1.29. The maximum Gasteiger partial charge on any atom is 0.137 e. The van der Waals surface area contributed by atoms with Gasteiger partial charge in [0.25, 0.3) is 0 Å². The number of hydrogen-bond donors (Lipinski definition) is 1. The van der Waals surface area contributed by atoms with Crippen LogP contribution in [0.1, 0.15) is 5.56 Å². The molecular weight excluding hydrogens is 148 g/mol. The Morgan fingerprint density at radius 2 is 2.08 bits per heavy atom. The van der Waals surface area contributed by atoms with Gasteiger partial charge in [0.05, 0.1) is 0 Å². The third-order valence-electron chi connectivity index (χ3n) is 1.90. The first kappa shape index (κ1) is 7.10. The van der Waals surface area contributed by atoms with Crippen molar-refractivity contribution in [2.45, 2.75) is 6.92 Å². The molecule has 0 bridgehead atoms. The van der Waals surface area contributed by atoms with Crippen molar-refractivity contribution in [2.75, 3.05) is 0 Å². The number of rotatable bonds is 1. The van der Waals surface area contributed by atoms with Gasteiger partial charge in [-0.2, -0.15) is 0 Å². The second-order valence-electron chi connectivity index (χ2n) is 2.75. The molecule has 0 saturated carbocycles. The maximum atomic E-state index is 4.19. The van der Waals surface area contributed by atoms with E-state index in [-0.39, 0.29) is 0 Å². The number of aryl methyl sites for hydroxylation is 1. The minimum Gasteiger partial charge on any atom is -0.345 e. The molecule has 0 fully saturated rings. The average molecular weight is 158 g/mol. The topological polar surface area (TPSA) is 28.7 Å². The van der Waals surface area contributed by atoms with Crippen molar-refractivity contribution in [1.29, 1.82) is 0 Å². The highest BCUT2D eigenvalue weighted by Crippen LogP contribution is 2.17. The van der Waals surface area contributed by atoms with E-state index in [1.54, 1.807) is 6.20 Å². The summed E-state index contributed by atoms with van der Waals surface area (Å²) in [6.07, 6.45) is 3.60. The highest BCUT2D eigenvalue weighted by molar-refractivity contribution is 5.59. The molecule has 60 valence electrons. The summed E-state index contributed by atoms with van der Waals surface area (Å²) >= 11 is 0. The van der Waals surface area contributed by atoms with E-state index in [4.69, 9.17) is 0 Å². The van der Waals surface area contributed by atoms with Gasteiger partial charge >= 0.3 is 0 Å². The normalized spacial score (nSPS) is 10.1. The third kappa shape index (κ3) is 1.11. The van der Waals surface area contributed by atoms with Gasteiger partial charge in [-0.3, -0.25) is 0 Å². The lowest BCUT2D eigenvalue weighted by atomic mass is 10.1.